The van der Waals surface area contributed by atoms with E-state index in [1.165, 1.54) is 0 Å². The topological polar surface area (TPSA) is 59.1 Å². The van der Waals surface area contributed by atoms with Gasteiger partial charge in [0.05, 0.1) is 17.8 Å². The maximum Gasteiger partial charge on any atom is 0.318 e. The average molecular weight is 268 g/mol. The van der Waals surface area contributed by atoms with Gasteiger partial charge in [0.15, 0.2) is 0 Å². The zero-order chi connectivity index (χ0) is 13.1. The molecule has 0 saturated carbocycles. The molecule has 0 aromatic carbocycles. The summed E-state index contributed by atoms with van der Waals surface area (Å²) in [5.74, 6) is 0.808. The van der Waals surface area contributed by atoms with Crippen LogP contribution in [0.15, 0.2) is 6.07 Å². The summed E-state index contributed by atoms with van der Waals surface area (Å²) < 4.78 is 5.57. The molecule has 2 heterocycles. The quantitative estimate of drug-likeness (QED) is 0.709. The van der Waals surface area contributed by atoms with E-state index in [4.69, 9.17) is 4.74 Å². The highest BCUT2D eigenvalue weighted by Crippen LogP contribution is 2.22. The van der Waals surface area contributed by atoms with Crippen molar-refractivity contribution in [2.24, 2.45) is 0 Å². The smallest absolute Gasteiger partial charge is 0.318 e. The number of rotatable bonds is 5. The van der Waals surface area contributed by atoms with Gasteiger partial charge in [0, 0.05) is 24.4 Å². The minimum atomic E-state index is 0.0579. The fourth-order valence-electron chi connectivity index (χ4n) is 1.59. The minimum Gasteiger partial charge on any atom is -0.461 e. The first-order valence-corrected chi connectivity index (χ1v) is 6.77. The third-order valence-electron chi connectivity index (χ3n) is 2.63. The fraction of sp³-hybridized carbons (Fsp3) is 0.667. The van der Waals surface area contributed by atoms with Crippen LogP contribution in [0.5, 0.6) is 6.01 Å². The van der Waals surface area contributed by atoms with E-state index in [2.05, 4.69) is 33.2 Å². The molecule has 2 N–H and O–H groups in total. The Morgan fingerprint density at radius 2 is 2.11 bits per heavy atom. The number of anilines is 1. The Morgan fingerprint density at radius 1 is 1.39 bits per heavy atom. The lowest BCUT2D eigenvalue weighted by atomic mass is 10.2. The number of hydrogen-bond acceptors (Lipinski definition) is 6. The second kappa shape index (κ2) is 5.75. The van der Waals surface area contributed by atoms with Crippen molar-refractivity contribution in [2.45, 2.75) is 38.2 Å². The number of nitrogens with zero attached hydrogens (tertiary/aromatic N) is 2. The van der Waals surface area contributed by atoms with Gasteiger partial charge in [-0.2, -0.15) is 22.6 Å². The van der Waals surface area contributed by atoms with Gasteiger partial charge in [0.1, 0.15) is 5.82 Å². The Balaban J connectivity index is 2.17. The van der Waals surface area contributed by atoms with Crippen molar-refractivity contribution < 1.29 is 4.74 Å². The second-order valence-electron chi connectivity index (χ2n) is 4.80. The predicted octanol–water partition coefficient (Wildman–Crippen LogP) is 1.64. The number of nitrogens with one attached hydrogen (secondary N) is 2. The lowest BCUT2D eigenvalue weighted by Gasteiger charge is -2.28. The monoisotopic (exact) mass is 268 g/mol. The molecule has 18 heavy (non-hydrogen) atoms. The van der Waals surface area contributed by atoms with E-state index in [0.29, 0.717) is 12.1 Å². The molecule has 1 aliphatic heterocycles. The van der Waals surface area contributed by atoms with E-state index in [1.54, 1.807) is 0 Å². The van der Waals surface area contributed by atoms with Gasteiger partial charge in [-0.15, -0.1) is 0 Å². The second-order valence-corrected chi connectivity index (χ2v) is 5.58. The molecule has 1 aromatic heterocycles. The molecule has 6 heteroatoms. The Labute approximate surface area is 113 Å². The predicted molar refractivity (Wildman–Crippen MR) is 75.5 cm³/mol. The zero-order valence-electron chi connectivity index (χ0n) is 11.0. The van der Waals surface area contributed by atoms with Gasteiger partial charge in [-0.1, -0.05) is 0 Å². The summed E-state index contributed by atoms with van der Waals surface area (Å²) >= 11 is 4.41. The van der Waals surface area contributed by atoms with E-state index in [-0.39, 0.29) is 11.4 Å². The average Bonchev–Trinajstić information content (AvgIpc) is 2.22. The standard InChI is InChI=1S/C12H20N4OS/c1-7(2)17-12-15-10(8(3)18)4-11(16-12)14-9-5-13-6-9/h4,7-9,13,18H,5-6H2,1-3H3,(H,14,15,16). The highest BCUT2D eigenvalue weighted by atomic mass is 32.1. The molecule has 1 aliphatic rings. The van der Waals surface area contributed by atoms with Crippen LogP contribution in [0.4, 0.5) is 5.82 Å². The van der Waals surface area contributed by atoms with Crippen LogP contribution in [0.3, 0.4) is 0 Å². The fourth-order valence-corrected chi connectivity index (χ4v) is 1.73. The maximum absolute atomic E-state index is 5.57. The summed E-state index contributed by atoms with van der Waals surface area (Å²) in [6.45, 7) is 7.85. The van der Waals surface area contributed by atoms with Crippen LogP contribution in [-0.2, 0) is 0 Å². The van der Waals surface area contributed by atoms with Crippen molar-refractivity contribution in [1.82, 2.24) is 15.3 Å². The van der Waals surface area contributed by atoms with Crippen LogP contribution in [0, 0.1) is 0 Å². The Hall–Kier alpha value is -1.01. The normalized spacial score (nSPS) is 17.4. The summed E-state index contributed by atoms with van der Waals surface area (Å²) in [7, 11) is 0. The van der Waals surface area contributed by atoms with Gasteiger partial charge in [0.2, 0.25) is 0 Å². The van der Waals surface area contributed by atoms with Gasteiger partial charge in [-0.25, -0.2) is 0 Å². The summed E-state index contributed by atoms with van der Waals surface area (Å²) in [6.07, 6.45) is 0.0636. The third kappa shape index (κ3) is 3.49. The molecule has 1 atom stereocenters. The highest BCUT2D eigenvalue weighted by molar-refractivity contribution is 7.80. The van der Waals surface area contributed by atoms with Crippen LogP contribution in [0.25, 0.3) is 0 Å². The number of thiol groups is 1. The first-order valence-electron chi connectivity index (χ1n) is 6.25. The molecule has 2 rings (SSSR count). The van der Waals surface area contributed by atoms with Crippen molar-refractivity contribution in [2.75, 3.05) is 18.4 Å². The molecule has 1 aromatic rings. The molecule has 1 fully saturated rings. The SMILES string of the molecule is CC(C)Oc1nc(NC2CNC2)cc(C(C)S)n1. The van der Waals surface area contributed by atoms with Crippen LogP contribution < -0.4 is 15.4 Å². The third-order valence-corrected chi connectivity index (χ3v) is 2.89. The molecule has 1 unspecified atom stereocenters. The number of hydrogen-bond donors (Lipinski definition) is 3. The zero-order valence-corrected chi connectivity index (χ0v) is 11.9. The minimum absolute atomic E-state index is 0.0579. The molecule has 0 bridgehead atoms. The van der Waals surface area contributed by atoms with E-state index < -0.39 is 0 Å². The highest BCUT2D eigenvalue weighted by Gasteiger charge is 2.18. The van der Waals surface area contributed by atoms with Gasteiger partial charge >= 0.3 is 6.01 Å². The van der Waals surface area contributed by atoms with Crippen LogP contribution in [0.1, 0.15) is 31.7 Å². The largest absolute Gasteiger partial charge is 0.461 e. The molecule has 0 spiro atoms. The van der Waals surface area contributed by atoms with Gasteiger partial charge in [-0.3, -0.25) is 0 Å². The van der Waals surface area contributed by atoms with Gasteiger partial charge in [-0.05, 0) is 20.8 Å². The molecular weight excluding hydrogens is 248 g/mol. The van der Waals surface area contributed by atoms with Crippen molar-refractivity contribution in [3.8, 4) is 6.01 Å². The van der Waals surface area contributed by atoms with Gasteiger partial charge < -0.3 is 15.4 Å². The molecule has 0 radical (unpaired) electrons. The van der Waals surface area contributed by atoms with E-state index in [0.717, 1.165) is 24.6 Å². The molecule has 100 valence electrons. The van der Waals surface area contributed by atoms with Crippen LogP contribution >= 0.6 is 12.6 Å². The Morgan fingerprint density at radius 3 is 2.61 bits per heavy atom. The summed E-state index contributed by atoms with van der Waals surface area (Å²) in [5.41, 5.74) is 0.874. The molecular formula is C12H20N4OS. The maximum atomic E-state index is 5.57. The number of ether oxygens (including phenoxy) is 1. The lowest BCUT2D eigenvalue weighted by molar-refractivity contribution is 0.221. The van der Waals surface area contributed by atoms with E-state index in [9.17, 15) is 0 Å². The lowest BCUT2D eigenvalue weighted by Crippen LogP contribution is -2.51. The molecule has 0 amide bonds. The summed E-state index contributed by atoms with van der Waals surface area (Å²) in [6, 6.07) is 2.79. The molecule has 1 saturated heterocycles. The summed E-state index contributed by atoms with van der Waals surface area (Å²) in [5, 5.41) is 6.63. The van der Waals surface area contributed by atoms with Crippen molar-refractivity contribution in [3.05, 3.63) is 11.8 Å². The van der Waals surface area contributed by atoms with Crippen LogP contribution in [-0.4, -0.2) is 35.2 Å². The Bertz CT molecular complexity index is 407. The van der Waals surface area contributed by atoms with E-state index in [1.807, 2.05) is 26.8 Å². The van der Waals surface area contributed by atoms with E-state index >= 15 is 0 Å². The summed E-state index contributed by atoms with van der Waals surface area (Å²) in [4.78, 5) is 8.73. The molecule has 0 aliphatic carbocycles. The van der Waals surface area contributed by atoms with Crippen LogP contribution in [0.2, 0.25) is 0 Å². The first kappa shape index (κ1) is 13.4. The van der Waals surface area contributed by atoms with Gasteiger partial charge in [0.25, 0.3) is 0 Å². The molecule has 5 nitrogen and oxygen atoms in total. The first-order chi connectivity index (χ1) is 8.54. The van der Waals surface area contributed by atoms with Crippen molar-refractivity contribution in [3.63, 3.8) is 0 Å². The van der Waals surface area contributed by atoms with Crippen molar-refractivity contribution in [1.29, 1.82) is 0 Å². The van der Waals surface area contributed by atoms with Crippen molar-refractivity contribution >= 4 is 18.4 Å². The number of aromatic nitrogens is 2. The Kier molecular flexibility index (Phi) is 4.29.